The molecule has 0 N–H and O–H groups in total. The summed E-state index contributed by atoms with van der Waals surface area (Å²) in [7, 11) is 0. The molecule has 2 heterocycles. The molecule has 0 unspecified atom stereocenters. The summed E-state index contributed by atoms with van der Waals surface area (Å²) in [6.45, 7) is 12.3. The van der Waals surface area contributed by atoms with Crippen molar-refractivity contribution in [2.75, 3.05) is 19.7 Å². The van der Waals surface area contributed by atoms with Crippen molar-refractivity contribution in [3.8, 4) is 0 Å². The Morgan fingerprint density at radius 2 is 2.13 bits per heavy atom. The van der Waals surface area contributed by atoms with Crippen molar-refractivity contribution in [3.05, 3.63) is 0 Å². The predicted octanol–water partition coefficient (Wildman–Crippen LogP) is 2.68. The van der Waals surface area contributed by atoms with Gasteiger partial charge in [-0.3, -0.25) is 4.90 Å². The molecule has 88 valence electrons. The Labute approximate surface area is 94.0 Å². The second-order valence-electron chi connectivity index (χ2n) is 6.48. The van der Waals surface area contributed by atoms with Crippen LogP contribution in [0.2, 0.25) is 0 Å². The molecule has 2 atom stereocenters. The fraction of sp³-hybridized carbons (Fsp3) is 1.00. The third kappa shape index (κ3) is 2.36. The Hall–Kier alpha value is -0.0800. The minimum atomic E-state index is 0.00877. The largest absolute Gasteiger partial charge is 0.374 e. The van der Waals surface area contributed by atoms with Crippen molar-refractivity contribution in [1.29, 1.82) is 0 Å². The summed E-state index contributed by atoms with van der Waals surface area (Å²) in [5, 5.41) is 0. The van der Waals surface area contributed by atoms with Gasteiger partial charge in [-0.25, -0.2) is 0 Å². The number of ether oxygens (including phenoxy) is 1. The molecule has 0 aromatic carbocycles. The van der Waals surface area contributed by atoms with E-state index in [2.05, 4.69) is 32.6 Å². The molecule has 2 aliphatic heterocycles. The van der Waals surface area contributed by atoms with E-state index in [0.29, 0.717) is 5.54 Å². The Morgan fingerprint density at radius 3 is 2.80 bits per heavy atom. The van der Waals surface area contributed by atoms with Gasteiger partial charge in [-0.2, -0.15) is 0 Å². The van der Waals surface area contributed by atoms with Gasteiger partial charge in [-0.05, 0) is 52.5 Å². The van der Waals surface area contributed by atoms with Gasteiger partial charge in [-0.1, -0.05) is 6.92 Å². The minimum absolute atomic E-state index is 0.00877. The van der Waals surface area contributed by atoms with Crippen LogP contribution in [-0.4, -0.2) is 35.7 Å². The summed E-state index contributed by atoms with van der Waals surface area (Å²) in [6, 6.07) is 0. The first-order valence-electron chi connectivity index (χ1n) is 6.30. The first-order valence-corrected chi connectivity index (χ1v) is 6.30. The average Bonchev–Trinajstić information content (AvgIpc) is 2.55. The van der Waals surface area contributed by atoms with E-state index in [1.165, 1.54) is 32.4 Å². The highest BCUT2D eigenvalue weighted by molar-refractivity contribution is 5.02. The first-order chi connectivity index (χ1) is 6.91. The Morgan fingerprint density at radius 1 is 1.40 bits per heavy atom. The molecule has 0 aromatic heterocycles. The molecule has 2 saturated heterocycles. The highest BCUT2D eigenvalue weighted by atomic mass is 16.5. The van der Waals surface area contributed by atoms with E-state index in [1.807, 2.05) is 0 Å². The van der Waals surface area contributed by atoms with Crippen LogP contribution in [0.4, 0.5) is 0 Å². The number of fused-ring (bicyclic) bond motifs is 1. The fourth-order valence-electron chi connectivity index (χ4n) is 3.17. The lowest BCUT2D eigenvalue weighted by molar-refractivity contribution is -0.0524. The Kier molecular flexibility index (Phi) is 2.85. The van der Waals surface area contributed by atoms with E-state index >= 15 is 0 Å². The molecule has 15 heavy (non-hydrogen) atoms. The van der Waals surface area contributed by atoms with E-state index < -0.39 is 0 Å². The summed E-state index contributed by atoms with van der Waals surface area (Å²) in [6.07, 6.45) is 4.04. The maximum Gasteiger partial charge on any atom is 0.0657 e. The van der Waals surface area contributed by atoms with Crippen molar-refractivity contribution in [2.45, 2.75) is 58.1 Å². The average molecular weight is 211 g/mol. The maximum atomic E-state index is 6.02. The predicted molar refractivity (Wildman–Crippen MR) is 63.0 cm³/mol. The third-order valence-corrected chi connectivity index (χ3v) is 3.78. The van der Waals surface area contributed by atoms with Gasteiger partial charge in [0.2, 0.25) is 0 Å². The molecule has 2 rings (SSSR count). The lowest BCUT2D eigenvalue weighted by Gasteiger charge is -2.34. The van der Waals surface area contributed by atoms with Gasteiger partial charge < -0.3 is 4.74 Å². The third-order valence-electron chi connectivity index (χ3n) is 3.78. The first kappa shape index (κ1) is 11.4. The molecule has 0 spiro atoms. The smallest absolute Gasteiger partial charge is 0.0657 e. The molecule has 0 aromatic rings. The highest BCUT2D eigenvalue weighted by Crippen LogP contribution is 2.42. The van der Waals surface area contributed by atoms with Gasteiger partial charge in [0.05, 0.1) is 12.2 Å². The number of hydrogen-bond acceptors (Lipinski definition) is 2. The van der Waals surface area contributed by atoms with Gasteiger partial charge in [0.15, 0.2) is 0 Å². The molecular formula is C13H25NO. The summed E-state index contributed by atoms with van der Waals surface area (Å²) in [4.78, 5) is 2.67. The van der Waals surface area contributed by atoms with Crippen LogP contribution in [0.3, 0.4) is 0 Å². The minimum Gasteiger partial charge on any atom is -0.374 e. The molecule has 0 saturated carbocycles. The van der Waals surface area contributed by atoms with Gasteiger partial charge >= 0.3 is 0 Å². The SMILES string of the molecule is C[C@H]1CN2CCC[C@]2(COC(C)(C)C)C1. The van der Waals surface area contributed by atoms with Crippen LogP contribution in [0.1, 0.15) is 47.0 Å². The standard InChI is InChI=1S/C13H25NO/c1-11-8-13(10-15-12(2,3)4)6-5-7-14(13)9-11/h11H,5-10H2,1-4H3/t11-,13-/m1/s1. The fourth-order valence-corrected chi connectivity index (χ4v) is 3.17. The van der Waals surface area contributed by atoms with Crippen LogP contribution in [-0.2, 0) is 4.74 Å². The summed E-state index contributed by atoms with van der Waals surface area (Å²) < 4.78 is 6.02. The van der Waals surface area contributed by atoms with Crippen molar-refractivity contribution in [1.82, 2.24) is 4.90 Å². The number of rotatable bonds is 2. The van der Waals surface area contributed by atoms with Gasteiger partial charge in [0.1, 0.15) is 0 Å². The Balaban J connectivity index is 1.99. The molecule has 2 nitrogen and oxygen atoms in total. The molecule has 0 amide bonds. The summed E-state index contributed by atoms with van der Waals surface area (Å²) in [5.41, 5.74) is 0.404. The van der Waals surface area contributed by atoms with Crippen molar-refractivity contribution in [2.24, 2.45) is 5.92 Å². The lowest BCUT2D eigenvalue weighted by atomic mass is 9.91. The summed E-state index contributed by atoms with van der Waals surface area (Å²) >= 11 is 0. The van der Waals surface area contributed by atoms with Crippen molar-refractivity contribution in [3.63, 3.8) is 0 Å². The molecule has 0 aliphatic carbocycles. The van der Waals surface area contributed by atoms with Crippen LogP contribution in [0.25, 0.3) is 0 Å². The number of hydrogen-bond donors (Lipinski definition) is 0. The van der Waals surface area contributed by atoms with Gasteiger partial charge in [-0.15, -0.1) is 0 Å². The topological polar surface area (TPSA) is 12.5 Å². The second-order valence-corrected chi connectivity index (χ2v) is 6.48. The molecule has 2 aliphatic rings. The van der Waals surface area contributed by atoms with Gasteiger partial charge in [0, 0.05) is 12.1 Å². The van der Waals surface area contributed by atoms with Crippen LogP contribution in [0.15, 0.2) is 0 Å². The monoisotopic (exact) mass is 211 g/mol. The van der Waals surface area contributed by atoms with E-state index in [-0.39, 0.29) is 5.60 Å². The van der Waals surface area contributed by atoms with E-state index in [0.717, 1.165) is 12.5 Å². The quantitative estimate of drug-likeness (QED) is 0.696. The maximum absolute atomic E-state index is 6.02. The zero-order valence-corrected chi connectivity index (χ0v) is 10.7. The van der Waals surface area contributed by atoms with E-state index in [4.69, 9.17) is 4.74 Å². The van der Waals surface area contributed by atoms with Crippen LogP contribution in [0.5, 0.6) is 0 Å². The van der Waals surface area contributed by atoms with E-state index in [9.17, 15) is 0 Å². The van der Waals surface area contributed by atoms with Crippen molar-refractivity contribution >= 4 is 0 Å². The Bertz CT molecular complexity index is 233. The number of nitrogens with zero attached hydrogens (tertiary/aromatic N) is 1. The molecule has 0 bridgehead atoms. The molecule has 0 radical (unpaired) electrons. The second kappa shape index (κ2) is 3.74. The van der Waals surface area contributed by atoms with Crippen LogP contribution >= 0.6 is 0 Å². The zero-order valence-electron chi connectivity index (χ0n) is 10.7. The molecule has 2 fully saturated rings. The molecule has 2 heteroatoms. The van der Waals surface area contributed by atoms with E-state index in [1.54, 1.807) is 0 Å². The van der Waals surface area contributed by atoms with Crippen molar-refractivity contribution < 1.29 is 4.74 Å². The zero-order chi connectivity index (χ0) is 11.1. The molecular weight excluding hydrogens is 186 g/mol. The summed E-state index contributed by atoms with van der Waals surface area (Å²) in [5.74, 6) is 0.855. The normalized spacial score (nSPS) is 37.2. The van der Waals surface area contributed by atoms with Gasteiger partial charge in [0.25, 0.3) is 0 Å². The highest BCUT2D eigenvalue weighted by Gasteiger charge is 2.47. The van der Waals surface area contributed by atoms with Crippen LogP contribution in [0, 0.1) is 5.92 Å². The lowest BCUT2D eigenvalue weighted by Crippen LogP contribution is -2.44. The van der Waals surface area contributed by atoms with Crippen LogP contribution < -0.4 is 0 Å².